The van der Waals surface area contributed by atoms with Crippen molar-refractivity contribution in [1.29, 1.82) is 0 Å². The van der Waals surface area contributed by atoms with Crippen molar-refractivity contribution in [3.05, 3.63) is 29.5 Å². The van der Waals surface area contributed by atoms with Crippen molar-refractivity contribution in [1.82, 2.24) is 15.2 Å². The second-order valence-corrected chi connectivity index (χ2v) is 3.82. The highest BCUT2D eigenvalue weighted by atomic mass is 32.1. The van der Waals surface area contributed by atoms with Gasteiger partial charge >= 0.3 is 5.97 Å². The van der Waals surface area contributed by atoms with Gasteiger partial charge in [0.1, 0.15) is 5.75 Å². The first-order valence-corrected chi connectivity index (χ1v) is 5.69. The Kier molecular flexibility index (Phi) is 3.61. The molecular formula is C10H9N3O3S. The number of ether oxygens (including phenoxy) is 2. The van der Waals surface area contributed by atoms with Crippen molar-refractivity contribution in [2.45, 2.75) is 6.92 Å². The summed E-state index contributed by atoms with van der Waals surface area (Å²) in [7, 11) is 0. The van der Waals surface area contributed by atoms with Crippen LogP contribution in [0.3, 0.4) is 0 Å². The van der Waals surface area contributed by atoms with Gasteiger partial charge in [0, 0.05) is 6.20 Å². The number of rotatable bonds is 4. The average Bonchev–Trinajstić information content (AvgIpc) is 2.79. The maximum atomic E-state index is 11.3. The molecule has 0 aromatic carbocycles. The molecule has 2 aromatic rings. The molecule has 2 rings (SSSR count). The van der Waals surface area contributed by atoms with Crippen LogP contribution in [0.1, 0.15) is 16.7 Å². The highest BCUT2D eigenvalue weighted by Crippen LogP contribution is 2.24. The lowest BCUT2D eigenvalue weighted by molar-refractivity contribution is 0.0525. The van der Waals surface area contributed by atoms with Crippen LogP contribution in [0.4, 0.5) is 0 Å². The summed E-state index contributed by atoms with van der Waals surface area (Å²) in [5.41, 5.74) is 0. The van der Waals surface area contributed by atoms with Gasteiger partial charge in [0.15, 0.2) is 0 Å². The predicted molar refractivity (Wildman–Crippen MR) is 60.2 cm³/mol. The van der Waals surface area contributed by atoms with Crippen molar-refractivity contribution in [3.8, 4) is 10.9 Å². The molecule has 0 spiro atoms. The van der Waals surface area contributed by atoms with E-state index in [2.05, 4.69) is 15.2 Å². The third-order valence-electron chi connectivity index (χ3n) is 1.70. The van der Waals surface area contributed by atoms with Gasteiger partial charge in [-0.2, -0.15) is 0 Å². The van der Waals surface area contributed by atoms with Crippen molar-refractivity contribution in [2.24, 2.45) is 0 Å². The summed E-state index contributed by atoms with van der Waals surface area (Å²) >= 11 is 1.03. The van der Waals surface area contributed by atoms with E-state index < -0.39 is 5.97 Å². The molecule has 0 aliphatic rings. The topological polar surface area (TPSA) is 74.2 Å². The fraction of sp³-hybridized carbons (Fsp3) is 0.200. The summed E-state index contributed by atoms with van der Waals surface area (Å²) in [6, 6.07) is 3.47. The van der Waals surface area contributed by atoms with Crippen LogP contribution < -0.4 is 4.74 Å². The molecule has 88 valence electrons. The summed E-state index contributed by atoms with van der Waals surface area (Å²) in [6.45, 7) is 2.03. The first-order valence-electron chi connectivity index (χ1n) is 4.88. The van der Waals surface area contributed by atoms with Crippen molar-refractivity contribution < 1.29 is 14.3 Å². The molecule has 0 atom stereocenters. The minimum Gasteiger partial charge on any atom is -0.461 e. The molecule has 0 unspecified atom stereocenters. The molecule has 0 saturated heterocycles. The molecule has 0 saturated carbocycles. The molecule has 0 fully saturated rings. The lowest BCUT2D eigenvalue weighted by atomic mass is 10.5. The summed E-state index contributed by atoms with van der Waals surface area (Å²) in [5.74, 6) is 0.0464. The maximum Gasteiger partial charge on any atom is 0.369 e. The van der Waals surface area contributed by atoms with Gasteiger partial charge < -0.3 is 9.47 Å². The van der Waals surface area contributed by atoms with Crippen molar-refractivity contribution >= 4 is 17.3 Å². The number of hydrogen-bond acceptors (Lipinski definition) is 7. The first-order chi connectivity index (χ1) is 8.29. The summed E-state index contributed by atoms with van der Waals surface area (Å²) < 4.78 is 10.2. The summed E-state index contributed by atoms with van der Waals surface area (Å²) in [6.07, 6.45) is 3.18. The zero-order valence-electron chi connectivity index (χ0n) is 8.99. The normalized spacial score (nSPS) is 9.94. The standard InChI is InChI=1S/C10H9N3O3S/c1-2-15-9(14)8-12-13-10(17-8)16-7-4-3-5-11-6-7/h3-6H,2H2,1H3. The smallest absolute Gasteiger partial charge is 0.369 e. The minimum absolute atomic E-state index is 0.172. The number of hydrogen-bond donors (Lipinski definition) is 0. The van der Waals surface area contributed by atoms with E-state index in [1.165, 1.54) is 0 Å². The number of esters is 1. The number of nitrogens with zero attached hydrogens (tertiary/aromatic N) is 3. The Morgan fingerprint density at radius 3 is 3.06 bits per heavy atom. The Morgan fingerprint density at radius 2 is 2.35 bits per heavy atom. The second-order valence-electron chi connectivity index (χ2n) is 2.88. The molecule has 7 heteroatoms. The summed E-state index contributed by atoms with van der Waals surface area (Å²) in [4.78, 5) is 15.2. The van der Waals surface area contributed by atoms with E-state index in [0.717, 1.165) is 11.3 Å². The molecule has 2 heterocycles. The zero-order chi connectivity index (χ0) is 12.1. The second kappa shape index (κ2) is 5.35. The Bertz CT molecular complexity index is 501. The molecule has 0 N–H and O–H groups in total. The van der Waals surface area contributed by atoms with E-state index >= 15 is 0 Å². The van der Waals surface area contributed by atoms with Crippen LogP contribution in [0.5, 0.6) is 10.9 Å². The third-order valence-corrected chi connectivity index (χ3v) is 2.48. The first kappa shape index (κ1) is 11.5. The molecule has 6 nitrogen and oxygen atoms in total. The number of pyridine rings is 1. The Balaban J connectivity index is 2.06. The van der Waals surface area contributed by atoms with Crippen LogP contribution in [0.15, 0.2) is 24.5 Å². The third kappa shape index (κ3) is 2.97. The Morgan fingerprint density at radius 1 is 1.47 bits per heavy atom. The average molecular weight is 251 g/mol. The molecule has 17 heavy (non-hydrogen) atoms. The SMILES string of the molecule is CCOC(=O)c1nnc(Oc2cccnc2)s1. The fourth-order valence-corrected chi connectivity index (χ4v) is 1.64. The number of carbonyl (C=O) groups excluding carboxylic acids is 1. The number of carbonyl (C=O) groups is 1. The van der Waals surface area contributed by atoms with Gasteiger partial charge in [0.25, 0.3) is 5.19 Å². The summed E-state index contributed by atoms with van der Waals surface area (Å²) in [5, 5.41) is 7.86. The van der Waals surface area contributed by atoms with Crippen LogP contribution >= 0.6 is 11.3 Å². The molecule has 0 aliphatic carbocycles. The maximum absolute atomic E-state index is 11.3. The van der Waals surface area contributed by atoms with Gasteiger partial charge in [-0.25, -0.2) is 4.79 Å². The lowest BCUT2D eigenvalue weighted by Gasteiger charge is -1.97. The molecular weight excluding hydrogens is 242 g/mol. The Hall–Kier alpha value is -2.02. The predicted octanol–water partition coefficient (Wildman–Crippen LogP) is 1.90. The lowest BCUT2D eigenvalue weighted by Crippen LogP contribution is -2.03. The van der Waals surface area contributed by atoms with E-state index in [4.69, 9.17) is 9.47 Å². The molecule has 0 bridgehead atoms. The van der Waals surface area contributed by atoms with Crippen molar-refractivity contribution in [2.75, 3.05) is 6.61 Å². The van der Waals surface area contributed by atoms with E-state index in [1.54, 1.807) is 31.5 Å². The van der Waals surface area contributed by atoms with E-state index in [9.17, 15) is 4.79 Å². The largest absolute Gasteiger partial charge is 0.461 e. The fourth-order valence-electron chi connectivity index (χ4n) is 1.03. The van der Waals surface area contributed by atoms with Crippen LogP contribution in [-0.4, -0.2) is 27.8 Å². The highest BCUT2D eigenvalue weighted by molar-refractivity contribution is 7.14. The molecule has 0 radical (unpaired) electrons. The quantitative estimate of drug-likeness (QED) is 0.772. The van der Waals surface area contributed by atoms with Crippen LogP contribution in [0.25, 0.3) is 0 Å². The Labute approximate surface area is 101 Å². The van der Waals surface area contributed by atoms with E-state index in [1.807, 2.05) is 0 Å². The molecule has 0 aliphatic heterocycles. The van der Waals surface area contributed by atoms with Crippen LogP contribution in [0.2, 0.25) is 0 Å². The van der Waals surface area contributed by atoms with Crippen LogP contribution in [-0.2, 0) is 4.74 Å². The highest BCUT2D eigenvalue weighted by Gasteiger charge is 2.14. The van der Waals surface area contributed by atoms with E-state index in [-0.39, 0.29) is 10.2 Å². The minimum atomic E-state index is -0.494. The zero-order valence-corrected chi connectivity index (χ0v) is 9.81. The van der Waals surface area contributed by atoms with Gasteiger partial charge in [-0.3, -0.25) is 4.98 Å². The monoisotopic (exact) mass is 251 g/mol. The van der Waals surface area contributed by atoms with Crippen LogP contribution in [0, 0.1) is 0 Å². The number of aromatic nitrogens is 3. The van der Waals surface area contributed by atoms with Gasteiger partial charge in [0.05, 0.1) is 12.8 Å². The van der Waals surface area contributed by atoms with Gasteiger partial charge in [-0.05, 0) is 30.4 Å². The van der Waals surface area contributed by atoms with Gasteiger partial charge in [-0.15, -0.1) is 5.10 Å². The molecule has 0 amide bonds. The van der Waals surface area contributed by atoms with Crippen molar-refractivity contribution in [3.63, 3.8) is 0 Å². The molecule has 2 aromatic heterocycles. The van der Waals surface area contributed by atoms with E-state index in [0.29, 0.717) is 12.4 Å². The van der Waals surface area contributed by atoms with Gasteiger partial charge in [0.2, 0.25) is 5.01 Å². The van der Waals surface area contributed by atoms with Gasteiger partial charge in [-0.1, -0.05) is 5.10 Å².